The molecule has 208 valence electrons. The number of hydrogen-bond acceptors (Lipinski definition) is 6. The van der Waals surface area contributed by atoms with Gasteiger partial charge >= 0.3 is 0 Å². The largest absolute Gasteiger partial charge is 0.374 e. The van der Waals surface area contributed by atoms with Crippen molar-refractivity contribution < 1.29 is 9.90 Å². The van der Waals surface area contributed by atoms with Crippen molar-refractivity contribution in [3.05, 3.63) is 62.1 Å². The number of aromatic nitrogens is 1. The molecule has 8 heteroatoms. The average Bonchev–Trinajstić information content (AvgIpc) is 2.83. The van der Waals surface area contributed by atoms with E-state index in [1.165, 1.54) is 0 Å². The topological polar surface area (TPSA) is 91.9 Å². The number of amides is 1. The monoisotopic (exact) mass is 523 g/mol. The maximum atomic E-state index is 13.3. The molecule has 1 unspecified atom stereocenters. The van der Waals surface area contributed by atoms with Crippen LogP contribution in [0, 0.1) is 20.8 Å². The average molecular weight is 524 g/mol. The van der Waals surface area contributed by atoms with E-state index in [2.05, 4.69) is 41.1 Å². The zero-order valence-electron chi connectivity index (χ0n) is 23.9. The van der Waals surface area contributed by atoms with Crippen LogP contribution in [0.25, 0.3) is 0 Å². The number of aromatic amines is 1. The minimum absolute atomic E-state index is 0.0177. The number of nitrogens with one attached hydrogen (secondary N) is 2. The second-order valence-corrected chi connectivity index (χ2v) is 11.3. The molecule has 8 nitrogen and oxygen atoms in total. The molecular formula is C30H45N5O3. The molecule has 1 aromatic heterocycles. The summed E-state index contributed by atoms with van der Waals surface area (Å²) in [7, 11) is 4.31. The Morgan fingerprint density at radius 1 is 1.11 bits per heavy atom. The predicted molar refractivity (Wildman–Crippen MR) is 153 cm³/mol. The van der Waals surface area contributed by atoms with E-state index in [0.717, 1.165) is 74.2 Å². The first-order valence-electron chi connectivity index (χ1n) is 14.1. The first kappa shape index (κ1) is 28.3. The molecule has 0 radical (unpaired) electrons. The van der Waals surface area contributed by atoms with E-state index in [4.69, 9.17) is 0 Å². The molecule has 1 aliphatic heterocycles. The number of rotatable bonds is 9. The van der Waals surface area contributed by atoms with E-state index in [9.17, 15) is 14.7 Å². The molecule has 1 saturated heterocycles. The second-order valence-electron chi connectivity index (χ2n) is 11.3. The number of pyridine rings is 1. The van der Waals surface area contributed by atoms with Crippen LogP contribution in [0.5, 0.6) is 0 Å². The van der Waals surface area contributed by atoms with Crippen LogP contribution >= 0.6 is 0 Å². The number of hydrogen-bond donors (Lipinski definition) is 3. The highest BCUT2D eigenvalue weighted by Gasteiger charge is 2.30. The lowest BCUT2D eigenvalue weighted by atomic mass is 9.88. The Morgan fingerprint density at radius 3 is 2.32 bits per heavy atom. The van der Waals surface area contributed by atoms with Gasteiger partial charge in [0.25, 0.3) is 11.5 Å². The summed E-state index contributed by atoms with van der Waals surface area (Å²) in [6.45, 7) is 10.6. The summed E-state index contributed by atoms with van der Waals surface area (Å²) in [5.41, 5.74) is 5.45. The summed E-state index contributed by atoms with van der Waals surface area (Å²) in [5, 5.41) is 14.5. The molecule has 2 fully saturated rings. The standard InChI is InChI=1S/C30H45N5O3/c1-7-35(24-11-9-23(10-12-24)33(5)6)27-17-22(30(38)34-13-8-14-34)16-25(21(27)4)28(36)31-18-26-19(2)15-20(3)32-29(26)37/h15-17,23-24,28,31,36H,7-14,18H2,1-6H3,(H,32,37)/t23-,24-,28?. The Balaban J connectivity index is 1.64. The highest BCUT2D eigenvalue weighted by molar-refractivity contribution is 5.96. The Hall–Kier alpha value is -2.68. The van der Waals surface area contributed by atoms with Crippen LogP contribution in [0.15, 0.2) is 23.0 Å². The number of carbonyl (C=O) groups excluding carboxylic acids is 1. The van der Waals surface area contributed by atoms with Crippen molar-refractivity contribution in [3.8, 4) is 0 Å². The van der Waals surface area contributed by atoms with E-state index in [1.807, 2.05) is 43.9 Å². The molecule has 0 spiro atoms. The summed E-state index contributed by atoms with van der Waals surface area (Å²) in [6, 6.07) is 6.81. The molecule has 2 aliphatic rings. The predicted octanol–water partition coefficient (Wildman–Crippen LogP) is 3.63. The van der Waals surface area contributed by atoms with Gasteiger partial charge in [-0.05, 0) is 103 Å². The number of H-pyrrole nitrogens is 1. The van der Waals surface area contributed by atoms with Crippen LogP contribution in [-0.2, 0) is 6.54 Å². The smallest absolute Gasteiger partial charge is 0.253 e. The van der Waals surface area contributed by atoms with Gasteiger partial charge in [-0.2, -0.15) is 0 Å². The van der Waals surface area contributed by atoms with Gasteiger partial charge < -0.3 is 24.8 Å². The van der Waals surface area contributed by atoms with E-state index in [-0.39, 0.29) is 18.0 Å². The van der Waals surface area contributed by atoms with E-state index < -0.39 is 6.23 Å². The van der Waals surface area contributed by atoms with Crippen molar-refractivity contribution >= 4 is 11.6 Å². The molecule has 1 amide bonds. The third-order valence-electron chi connectivity index (χ3n) is 8.56. The minimum atomic E-state index is -1.01. The summed E-state index contributed by atoms with van der Waals surface area (Å²) in [6.07, 6.45) is 4.53. The molecular weight excluding hydrogens is 478 g/mol. The highest BCUT2D eigenvalue weighted by atomic mass is 16.3. The van der Waals surface area contributed by atoms with Crippen LogP contribution < -0.4 is 15.8 Å². The van der Waals surface area contributed by atoms with Gasteiger partial charge in [-0.3, -0.25) is 14.9 Å². The molecule has 2 heterocycles. The van der Waals surface area contributed by atoms with E-state index >= 15 is 0 Å². The molecule has 38 heavy (non-hydrogen) atoms. The van der Waals surface area contributed by atoms with Gasteiger partial charge in [0, 0.05) is 66.3 Å². The fourth-order valence-corrected chi connectivity index (χ4v) is 6.05. The molecule has 4 rings (SSSR count). The number of benzene rings is 1. The summed E-state index contributed by atoms with van der Waals surface area (Å²) < 4.78 is 0. The van der Waals surface area contributed by atoms with Gasteiger partial charge in [-0.25, -0.2) is 0 Å². The minimum Gasteiger partial charge on any atom is -0.374 e. The SMILES string of the molecule is CCN(c1cc(C(=O)N2CCC2)cc(C(O)NCc2c(C)cc(C)[nH]c2=O)c1C)[C@H]1CC[C@H](N(C)C)CC1. The zero-order chi connectivity index (χ0) is 27.6. The normalized spacial score (nSPS) is 20.4. The van der Waals surface area contributed by atoms with Gasteiger partial charge in [-0.1, -0.05) is 0 Å². The lowest BCUT2D eigenvalue weighted by Crippen LogP contribution is -2.43. The van der Waals surface area contributed by atoms with Gasteiger partial charge in [0.05, 0.1) is 0 Å². The summed E-state index contributed by atoms with van der Waals surface area (Å²) in [5.74, 6) is 0.0177. The molecule has 3 N–H and O–H groups in total. The molecule has 1 saturated carbocycles. The number of aliphatic hydroxyl groups excluding tert-OH is 1. The van der Waals surface area contributed by atoms with Crippen LogP contribution in [0.3, 0.4) is 0 Å². The summed E-state index contributed by atoms with van der Waals surface area (Å²) >= 11 is 0. The fraction of sp³-hybridized carbons (Fsp3) is 0.600. The zero-order valence-corrected chi connectivity index (χ0v) is 23.9. The van der Waals surface area contributed by atoms with Crippen LogP contribution in [-0.4, -0.2) is 71.6 Å². The van der Waals surface area contributed by atoms with Crippen molar-refractivity contribution in [3.63, 3.8) is 0 Å². The lowest BCUT2D eigenvalue weighted by Gasteiger charge is -2.41. The van der Waals surface area contributed by atoms with Crippen molar-refractivity contribution in [1.29, 1.82) is 0 Å². The molecule has 1 aliphatic carbocycles. The van der Waals surface area contributed by atoms with Gasteiger partial charge in [0.15, 0.2) is 0 Å². The number of anilines is 1. The second kappa shape index (κ2) is 12.0. The summed E-state index contributed by atoms with van der Waals surface area (Å²) in [4.78, 5) is 35.3. The van der Waals surface area contributed by atoms with Crippen molar-refractivity contribution in [1.82, 2.24) is 20.1 Å². The molecule has 1 atom stereocenters. The number of aliphatic hydroxyl groups is 1. The Bertz CT molecular complexity index is 1200. The van der Waals surface area contributed by atoms with Crippen molar-refractivity contribution in [2.24, 2.45) is 0 Å². The molecule has 0 bridgehead atoms. The highest BCUT2D eigenvalue weighted by Crippen LogP contribution is 2.35. The quantitative estimate of drug-likeness (QED) is 0.435. The van der Waals surface area contributed by atoms with Crippen LogP contribution in [0.4, 0.5) is 5.69 Å². The Labute approximate surface area is 227 Å². The van der Waals surface area contributed by atoms with Gasteiger partial charge in [0.1, 0.15) is 6.23 Å². The molecule has 1 aromatic carbocycles. The number of nitrogens with zero attached hydrogens (tertiary/aromatic N) is 3. The third kappa shape index (κ3) is 5.98. The first-order valence-corrected chi connectivity index (χ1v) is 14.1. The van der Waals surface area contributed by atoms with Gasteiger partial charge in [-0.15, -0.1) is 0 Å². The first-order chi connectivity index (χ1) is 18.1. The Morgan fingerprint density at radius 2 is 1.76 bits per heavy atom. The van der Waals surface area contributed by atoms with Crippen LogP contribution in [0.2, 0.25) is 0 Å². The van der Waals surface area contributed by atoms with E-state index in [0.29, 0.717) is 28.8 Å². The van der Waals surface area contributed by atoms with Crippen molar-refractivity contribution in [2.45, 2.75) is 84.7 Å². The number of carbonyl (C=O) groups is 1. The lowest BCUT2D eigenvalue weighted by molar-refractivity contribution is 0.0651. The van der Waals surface area contributed by atoms with Crippen LogP contribution in [0.1, 0.15) is 83.6 Å². The Kier molecular flexibility index (Phi) is 8.96. The number of likely N-dealkylation sites (tertiary alicyclic amines) is 1. The third-order valence-corrected chi connectivity index (χ3v) is 8.56. The maximum absolute atomic E-state index is 13.3. The van der Waals surface area contributed by atoms with Gasteiger partial charge in [0.2, 0.25) is 0 Å². The van der Waals surface area contributed by atoms with E-state index in [1.54, 1.807) is 0 Å². The number of aryl methyl sites for hydroxylation is 2. The fourth-order valence-electron chi connectivity index (χ4n) is 6.05. The molecule has 2 aromatic rings. The maximum Gasteiger partial charge on any atom is 0.253 e. The van der Waals surface area contributed by atoms with Crippen molar-refractivity contribution in [2.75, 3.05) is 38.6 Å².